The van der Waals surface area contributed by atoms with Gasteiger partial charge in [0.2, 0.25) is 12.2 Å². The lowest BCUT2D eigenvalue weighted by Gasteiger charge is -2.21. The van der Waals surface area contributed by atoms with Gasteiger partial charge in [-0.1, -0.05) is 60.7 Å². The Morgan fingerprint density at radius 1 is 0.867 bits per heavy atom. The summed E-state index contributed by atoms with van der Waals surface area (Å²) in [4.78, 5) is 37.4. The molecular formula is C24H21N2O4. The first-order chi connectivity index (χ1) is 14.7. The van der Waals surface area contributed by atoms with E-state index >= 15 is 0 Å². The van der Waals surface area contributed by atoms with Crippen molar-refractivity contribution in [1.29, 1.82) is 0 Å². The number of anilines is 2. The van der Waals surface area contributed by atoms with E-state index in [2.05, 4.69) is 5.32 Å². The minimum atomic E-state index is -0.490. The van der Waals surface area contributed by atoms with E-state index < -0.39 is 5.97 Å². The minimum Gasteiger partial charge on any atom is -0.457 e. The summed E-state index contributed by atoms with van der Waals surface area (Å²) < 4.78 is 5.39. The molecule has 0 fully saturated rings. The second-order valence-corrected chi connectivity index (χ2v) is 6.42. The van der Waals surface area contributed by atoms with Crippen LogP contribution in [0.2, 0.25) is 0 Å². The van der Waals surface area contributed by atoms with E-state index in [4.69, 9.17) is 4.74 Å². The fraction of sp³-hybridized carbons (Fsp3) is 0.125. The van der Waals surface area contributed by atoms with Crippen molar-refractivity contribution >= 4 is 29.5 Å². The Morgan fingerprint density at radius 2 is 1.50 bits per heavy atom. The number of amides is 1. The Bertz CT molecular complexity index is 990. The number of para-hydroxylation sites is 2. The molecule has 0 aliphatic carbocycles. The Hall–Kier alpha value is -3.93. The number of benzene rings is 3. The molecule has 0 saturated heterocycles. The van der Waals surface area contributed by atoms with Crippen LogP contribution in [0, 0.1) is 0 Å². The average molecular weight is 401 g/mol. The molecule has 6 nitrogen and oxygen atoms in total. The predicted molar refractivity (Wildman–Crippen MR) is 115 cm³/mol. The summed E-state index contributed by atoms with van der Waals surface area (Å²) in [6.07, 6.45) is 1.76. The molecule has 30 heavy (non-hydrogen) atoms. The summed E-state index contributed by atoms with van der Waals surface area (Å²) in [5, 5.41) is 2.98. The summed E-state index contributed by atoms with van der Waals surface area (Å²) in [6.45, 7) is -0.116. The van der Waals surface area contributed by atoms with Gasteiger partial charge in [-0.3, -0.25) is 9.59 Å². The molecule has 0 heterocycles. The molecule has 0 aliphatic heterocycles. The molecule has 0 atom stereocenters. The lowest BCUT2D eigenvalue weighted by molar-refractivity contribution is -0.116. The molecule has 0 aliphatic rings. The smallest absolute Gasteiger partial charge is 0.340 e. The Morgan fingerprint density at radius 3 is 2.20 bits per heavy atom. The summed E-state index contributed by atoms with van der Waals surface area (Å²) >= 11 is 0. The zero-order valence-corrected chi connectivity index (χ0v) is 16.3. The molecule has 3 rings (SSSR count). The van der Waals surface area contributed by atoms with Gasteiger partial charge in [0.25, 0.3) is 0 Å². The first-order valence-corrected chi connectivity index (χ1v) is 9.43. The van der Waals surface area contributed by atoms with Crippen molar-refractivity contribution in [1.82, 2.24) is 0 Å². The number of hydrogen-bond donors (Lipinski definition) is 1. The summed E-state index contributed by atoms with van der Waals surface area (Å²) in [5.41, 5.74) is 2.29. The van der Waals surface area contributed by atoms with Crippen LogP contribution in [0.3, 0.4) is 0 Å². The second-order valence-electron chi connectivity index (χ2n) is 6.42. The minimum absolute atomic E-state index is 0.0977. The van der Waals surface area contributed by atoms with Crippen LogP contribution in [0.1, 0.15) is 15.9 Å². The molecule has 3 aromatic carbocycles. The van der Waals surface area contributed by atoms with Crippen molar-refractivity contribution in [3.63, 3.8) is 0 Å². The molecule has 1 N–H and O–H groups in total. The lowest BCUT2D eigenvalue weighted by Crippen LogP contribution is -2.37. The first-order valence-electron chi connectivity index (χ1n) is 9.43. The Kier molecular flexibility index (Phi) is 7.33. The molecule has 3 aromatic rings. The van der Waals surface area contributed by atoms with Crippen LogP contribution in [-0.2, 0) is 20.9 Å². The Balaban J connectivity index is 1.66. The third-order valence-corrected chi connectivity index (χ3v) is 4.38. The van der Waals surface area contributed by atoms with Crippen molar-refractivity contribution in [3.8, 4) is 0 Å². The van der Waals surface area contributed by atoms with Crippen molar-refractivity contribution in [3.05, 3.63) is 96.1 Å². The maximum absolute atomic E-state index is 12.7. The van der Waals surface area contributed by atoms with Gasteiger partial charge in [-0.2, -0.15) is 0 Å². The van der Waals surface area contributed by atoms with Crippen molar-refractivity contribution in [2.45, 2.75) is 6.61 Å². The number of nitrogens with one attached hydrogen (secondary N) is 1. The molecule has 0 aromatic heterocycles. The molecular weight excluding hydrogens is 380 g/mol. The van der Waals surface area contributed by atoms with E-state index in [1.807, 2.05) is 36.4 Å². The number of nitrogens with zero attached hydrogens (tertiary/aromatic N) is 1. The fourth-order valence-corrected chi connectivity index (χ4v) is 2.88. The Labute approximate surface area is 175 Å². The standard InChI is InChI=1S/C24H21N2O4/c27-16-15-26(20-11-5-2-6-12-20)23(28)17-25-22-14-8-7-13-21(22)24(29)30-18-19-9-3-1-4-10-19/h1-14,25H,15,17-18H2. The van der Waals surface area contributed by atoms with Gasteiger partial charge in [0, 0.05) is 11.4 Å². The predicted octanol–water partition coefficient (Wildman–Crippen LogP) is 3.60. The zero-order chi connectivity index (χ0) is 21.2. The van der Waals surface area contributed by atoms with E-state index in [0.717, 1.165) is 5.56 Å². The zero-order valence-electron chi connectivity index (χ0n) is 16.3. The van der Waals surface area contributed by atoms with E-state index in [1.165, 1.54) is 4.90 Å². The summed E-state index contributed by atoms with van der Waals surface area (Å²) in [5.74, 6) is -0.812. The van der Waals surface area contributed by atoms with Crippen LogP contribution in [-0.4, -0.2) is 31.3 Å². The number of carbonyl (C=O) groups excluding carboxylic acids is 3. The van der Waals surface area contributed by atoms with E-state index in [0.29, 0.717) is 16.9 Å². The van der Waals surface area contributed by atoms with Gasteiger partial charge >= 0.3 is 5.97 Å². The van der Waals surface area contributed by atoms with Crippen LogP contribution in [0.4, 0.5) is 11.4 Å². The molecule has 0 bridgehead atoms. The monoisotopic (exact) mass is 401 g/mol. The van der Waals surface area contributed by atoms with Gasteiger partial charge in [0.1, 0.15) is 6.61 Å². The SMILES string of the molecule is O=[C]CN(C(=O)CNc1ccccc1C(=O)OCc1ccccc1)c1ccccc1. The highest BCUT2D eigenvalue weighted by atomic mass is 16.5. The number of esters is 1. The lowest BCUT2D eigenvalue weighted by atomic mass is 10.1. The highest BCUT2D eigenvalue weighted by molar-refractivity contribution is 6.00. The third-order valence-electron chi connectivity index (χ3n) is 4.38. The molecule has 6 heteroatoms. The normalized spacial score (nSPS) is 10.1. The largest absolute Gasteiger partial charge is 0.457 e. The van der Waals surface area contributed by atoms with Crippen LogP contribution >= 0.6 is 0 Å². The van der Waals surface area contributed by atoms with Crippen LogP contribution in [0.5, 0.6) is 0 Å². The van der Waals surface area contributed by atoms with Gasteiger partial charge in [0.05, 0.1) is 18.7 Å². The van der Waals surface area contributed by atoms with Crippen LogP contribution in [0.15, 0.2) is 84.9 Å². The molecule has 151 valence electrons. The average Bonchev–Trinajstić information content (AvgIpc) is 2.81. The van der Waals surface area contributed by atoms with Gasteiger partial charge in [-0.15, -0.1) is 0 Å². The number of rotatable bonds is 9. The van der Waals surface area contributed by atoms with E-state index in [1.54, 1.807) is 54.8 Å². The van der Waals surface area contributed by atoms with E-state index in [9.17, 15) is 14.4 Å². The summed E-state index contributed by atoms with van der Waals surface area (Å²) in [7, 11) is 0. The molecule has 1 radical (unpaired) electrons. The molecule has 0 spiro atoms. The van der Waals surface area contributed by atoms with Crippen LogP contribution in [0.25, 0.3) is 0 Å². The quantitative estimate of drug-likeness (QED) is 0.555. The van der Waals surface area contributed by atoms with Crippen molar-refractivity contribution < 1.29 is 19.1 Å². The summed E-state index contributed by atoms with van der Waals surface area (Å²) in [6, 6.07) is 25.1. The highest BCUT2D eigenvalue weighted by Gasteiger charge is 2.17. The second kappa shape index (κ2) is 10.6. The molecule has 0 unspecified atom stereocenters. The van der Waals surface area contributed by atoms with Crippen molar-refractivity contribution in [2.75, 3.05) is 23.3 Å². The van der Waals surface area contributed by atoms with Crippen molar-refractivity contribution in [2.24, 2.45) is 0 Å². The van der Waals surface area contributed by atoms with Gasteiger partial charge in [0.15, 0.2) is 0 Å². The van der Waals surface area contributed by atoms with Gasteiger partial charge in [-0.25, -0.2) is 4.79 Å². The number of carbonyl (C=O) groups is 2. The molecule has 1 amide bonds. The third kappa shape index (κ3) is 5.54. The highest BCUT2D eigenvalue weighted by Crippen LogP contribution is 2.18. The molecule has 0 saturated carbocycles. The fourth-order valence-electron chi connectivity index (χ4n) is 2.88. The number of hydrogen-bond acceptors (Lipinski definition) is 5. The van der Waals surface area contributed by atoms with Gasteiger partial charge < -0.3 is 15.0 Å². The maximum atomic E-state index is 12.7. The first kappa shape index (κ1) is 20.8. The van der Waals surface area contributed by atoms with Crippen LogP contribution < -0.4 is 10.2 Å². The maximum Gasteiger partial charge on any atom is 0.340 e. The van der Waals surface area contributed by atoms with Gasteiger partial charge in [-0.05, 0) is 29.8 Å². The topological polar surface area (TPSA) is 75.7 Å². The number of ether oxygens (including phenoxy) is 1. The van der Waals surface area contributed by atoms with E-state index in [-0.39, 0.29) is 25.6 Å².